The number of ketones is 1. The Kier molecular flexibility index (Phi) is 5.29. The van der Waals surface area contributed by atoms with Gasteiger partial charge >= 0.3 is 5.97 Å². The van der Waals surface area contributed by atoms with Crippen molar-refractivity contribution in [2.75, 3.05) is 6.61 Å². The molecule has 0 bridgehead atoms. The van der Waals surface area contributed by atoms with Gasteiger partial charge in [-0.15, -0.1) is 0 Å². The summed E-state index contributed by atoms with van der Waals surface area (Å²) in [6.45, 7) is 2.01. The minimum atomic E-state index is -0.789. The quantitative estimate of drug-likeness (QED) is 0.608. The summed E-state index contributed by atoms with van der Waals surface area (Å²) in [5.41, 5.74) is 1.83. The Bertz CT molecular complexity index is 785. The van der Waals surface area contributed by atoms with E-state index in [1.165, 1.54) is 0 Å². The second-order valence-corrected chi connectivity index (χ2v) is 5.92. The zero-order valence-corrected chi connectivity index (χ0v) is 14.1. The summed E-state index contributed by atoms with van der Waals surface area (Å²) in [5.74, 6) is -0.960. The van der Waals surface area contributed by atoms with Crippen molar-refractivity contribution in [2.24, 2.45) is 5.92 Å². The molecule has 1 aromatic heterocycles. The Morgan fingerprint density at radius 2 is 2.00 bits per heavy atom. The maximum Gasteiger partial charge on any atom is 0.317 e. The third-order valence-electron chi connectivity index (χ3n) is 4.27. The average Bonchev–Trinajstić information content (AvgIpc) is 3.14. The first-order valence-electron chi connectivity index (χ1n) is 8.36. The second kappa shape index (κ2) is 7.79. The number of esters is 1. The van der Waals surface area contributed by atoms with Crippen molar-refractivity contribution in [1.82, 2.24) is 0 Å². The van der Waals surface area contributed by atoms with Crippen molar-refractivity contribution in [3.63, 3.8) is 0 Å². The number of ether oxygens (including phenoxy) is 1. The van der Waals surface area contributed by atoms with Crippen LogP contribution < -0.4 is 0 Å². The van der Waals surface area contributed by atoms with Gasteiger partial charge in [-0.1, -0.05) is 36.4 Å². The van der Waals surface area contributed by atoms with E-state index in [-0.39, 0.29) is 18.3 Å². The van der Waals surface area contributed by atoms with E-state index in [0.717, 1.165) is 16.9 Å². The third kappa shape index (κ3) is 3.97. The number of rotatable bonds is 5. The molecule has 0 N–H and O–H groups in total. The maximum atomic E-state index is 12.6. The molecule has 4 nitrogen and oxygen atoms in total. The fourth-order valence-electron chi connectivity index (χ4n) is 3.12. The molecule has 0 saturated carbocycles. The predicted octanol–water partition coefficient (Wildman–Crippen LogP) is 4.16. The van der Waals surface area contributed by atoms with Crippen LogP contribution in [0.1, 0.15) is 30.6 Å². The van der Waals surface area contributed by atoms with Crippen LogP contribution in [-0.4, -0.2) is 18.4 Å². The lowest BCUT2D eigenvalue weighted by Gasteiger charge is -2.28. The van der Waals surface area contributed by atoms with E-state index in [4.69, 9.17) is 9.15 Å². The van der Waals surface area contributed by atoms with Crippen LogP contribution in [-0.2, 0) is 14.3 Å². The van der Waals surface area contributed by atoms with Crippen LogP contribution in [0.2, 0.25) is 0 Å². The predicted molar refractivity (Wildman–Crippen MR) is 94.8 cm³/mol. The molecule has 1 aliphatic carbocycles. The number of hydrogen-bond donors (Lipinski definition) is 0. The zero-order chi connectivity index (χ0) is 17.6. The molecular weight excluding hydrogens is 316 g/mol. The molecule has 25 heavy (non-hydrogen) atoms. The first-order chi connectivity index (χ1) is 12.2. The fourth-order valence-corrected chi connectivity index (χ4v) is 3.12. The molecule has 0 fully saturated rings. The molecule has 2 atom stereocenters. The molecule has 0 unspecified atom stereocenters. The summed E-state index contributed by atoms with van der Waals surface area (Å²) in [6.07, 6.45) is 7.43. The lowest BCUT2D eigenvalue weighted by atomic mass is 9.75. The van der Waals surface area contributed by atoms with Crippen LogP contribution in [0.15, 0.2) is 70.9 Å². The Morgan fingerprint density at radius 1 is 1.20 bits per heavy atom. The summed E-state index contributed by atoms with van der Waals surface area (Å²) >= 11 is 0. The van der Waals surface area contributed by atoms with Crippen molar-refractivity contribution in [1.29, 1.82) is 0 Å². The molecule has 1 aliphatic rings. The molecule has 0 spiro atoms. The van der Waals surface area contributed by atoms with Gasteiger partial charge in [0.1, 0.15) is 11.7 Å². The monoisotopic (exact) mass is 336 g/mol. The Labute approximate surface area is 146 Å². The largest absolute Gasteiger partial charge is 0.465 e. The highest BCUT2D eigenvalue weighted by Crippen LogP contribution is 2.37. The molecule has 3 rings (SSSR count). The molecule has 128 valence electrons. The average molecular weight is 336 g/mol. The molecule has 1 heterocycles. The van der Waals surface area contributed by atoms with Crippen molar-refractivity contribution >= 4 is 17.8 Å². The van der Waals surface area contributed by atoms with Crippen LogP contribution in [0.25, 0.3) is 6.08 Å². The molecule has 0 radical (unpaired) electrons. The highest BCUT2D eigenvalue weighted by Gasteiger charge is 2.38. The lowest BCUT2D eigenvalue weighted by Crippen LogP contribution is -2.34. The number of allylic oxidation sites excluding steroid dienone is 3. The fraction of sp³-hybridized carbons (Fsp3) is 0.238. The van der Waals surface area contributed by atoms with Crippen molar-refractivity contribution in [3.05, 3.63) is 77.8 Å². The van der Waals surface area contributed by atoms with Crippen molar-refractivity contribution in [3.8, 4) is 0 Å². The standard InChI is InChI=1S/C21H20O4/c1-2-24-21(23)20-18(16-7-4-3-5-8-16)13-15(14-19(20)22)10-11-17-9-6-12-25-17/h3-12,14,18,20H,2,13H2,1H3/t18-,20-/m0/s1. The van der Waals surface area contributed by atoms with E-state index in [2.05, 4.69) is 0 Å². The van der Waals surface area contributed by atoms with E-state index in [1.54, 1.807) is 19.3 Å². The van der Waals surface area contributed by atoms with Gasteiger partial charge in [0, 0.05) is 5.92 Å². The van der Waals surface area contributed by atoms with Crippen LogP contribution in [0, 0.1) is 5.92 Å². The third-order valence-corrected chi connectivity index (χ3v) is 4.27. The van der Waals surface area contributed by atoms with Gasteiger partial charge in [-0.2, -0.15) is 0 Å². The summed E-state index contributed by atoms with van der Waals surface area (Å²) in [4.78, 5) is 25.0. The van der Waals surface area contributed by atoms with Crippen LogP contribution in [0.4, 0.5) is 0 Å². The Morgan fingerprint density at radius 3 is 2.68 bits per heavy atom. The normalized spacial score (nSPS) is 20.5. The van der Waals surface area contributed by atoms with E-state index in [1.807, 2.05) is 54.6 Å². The van der Waals surface area contributed by atoms with E-state index >= 15 is 0 Å². The molecule has 1 aromatic carbocycles. The minimum absolute atomic E-state index is 0.211. The van der Waals surface area contributed by atoms with E-state index in [9.17, 15) is 9.59 Å². The van der Waals surface area contributed by atoms with Crippen LogP contribution >= 0.6 is 0 Å². The highest BCUT2D eigenvalue weighted by atomic mass is 16.5. The van der Waals surface area contributed by atoms with Gasteiger partial charge in [0.2, 0.25) is 0 Å². The zero-order valence-electron chi connectivity index (χ0n) is 14.1. The molecule has 0 saturated heterocycles. The van der Waals surface area contributed by atoms with E-state index < -0.39 is 11.9 Å². The van der Waals surface area contributed by atoms with Gasteiger partial charge in [-0.25, -0.2) is 0 Å². The topological polar surface area (TPSA) is 56.5 Å². The van der Waals surface area contributed by atoms with Gasteiger partial charge in [0.05, 0.1) is 12.9 Å². The molecule has 4 heteroatoms. The highest BCUT2D eigenvalue weighted by molar-refractivity contribution is 6.07. The summed E-state index contributed by atoms with van der Waals surface area (Å²) in [7, 11) is 0. The first-order valence-corrected chi connectivity index (χ1v) is 8.36. The summed E-state index contributed by atoms with van der Waals surface area (Å²) < 4.78 is 10.4. The number of carbonyl (C=O) groups is 2. The number of carbonyl (C=O) groups excluding carboxylic acids is 2. The van der Waals surface area contributed by atoms with Gasteiger partial charge in [-0.05, 0) is 48.8 Å². The minimum Gasteiger partial charge on any atom is -0.465 e. The van der Waals surface area contributed by atoms with Gasteiger partial charge in [0.25, 0.3) is 0 Å². The number of benzene rings is 1. The van der Waals surface area contributed by atoms with Gasteiger partial charge in [0.15, 0.2) is 5.78 Å². The number of hydrogen-bond acceptors (Lipinski definition) is 4. The summed E-state index contributed by atoms with van der Waals surface area (Å²) in [6, 6.07) is 13.3. The SMILES string of the molecule is CCOC(=O)[C@@H]1C(=O)C=C(C=Cc2ccco2)C[C@H]1c1ccccc1. The Balaban J connectivity index is 1.90. The van der Waals surface area contributed by atoms with Crippen molar-refractivity contribution < 1.29 is 18.7 Å². The lowest BCUT2D eigenvalue weighted by molar-refractivity contribution is -0.151. The number of furan rings is 1. The van der Waals surface area contributed by atoms with Crippen LogP contribution in [0.3, 0.4) is 0 Å². The molecule has 0 amide bonds. The smallest absolute Gasteiger partial charge is 0.317 e. The van der Waals surface area contributed by atoms with Gasteiger partial charge in [-0.3, -0.25) is 9.59 Å². The summed E-state index contributed by atoms with van der Waals surface area (Å²) in [5, 5.41) is 0. The first kappa shape index (κ1) is 17.0. The molecule has 0 aliphatic heterocycles. The van der Waals surface area contributed by atoms with Gasteiger partial charge < -0.3 is 9.15 Å². The van der Waals surface area contributed by atoms with Crippen LogP contribution in [0.5, 0.6) is 0 Å². The van der Waals surface area contributed by atoms with E-state index in [0.29, 0.717) is 6.42 Å². The second-order valence-electron chi connectivity index (χ2n) is 5.92. The Hall–Kier alpha value is -2.88. The molecule has 2 aromatic rings. The van der Waals surface area contributed by atoms with Crippen molar-refractivity contribution in [2.45, 2.75) is 19.3 Å². The maximum absolute atomic E-state index is 12.6. The molecular formula is C21H20O4.